The SMILES string of the molecule is CCOC(=O)CNC(=O)C1COCCN1C(C)C. The number of morpholine rings is 1. The molecule has 1 rings (SSSR count). The van der Waals surface area contributed by atoms with Gasteiger partial charge in [0.2, 0.25) is 5.91 Å². The summed E-state index contributed by atoms with van der Waals surface area (Å²) in [7, 11) is 0. The maximum absolute atomic E-state index is 12.0. The van der Waals surface area contributed by atoms with E-state index in [2.05, 4.69) is 10.2 Å². The number of hydrogen-bond donors (Lipinski definition) is 1. The number of rotatable bonds is 5. The van der Waals surface area contributed by atoms with Crippen molar-refractivity contribution in [1.29, 1.82) is 0 Å². The Hall–Kier alpha value is -1.14. The quantitative estimate of drug-likeness (QED) is 0.690. The van der Waals surface area contributed by atoms with E-state index in [1.54, 1.807) is 6.92 Å². The van der Waals surface area contributed by atoms with E-state index in [9.17, 15) is 9.59 Å². The van der Waals surface area contributed by atoms with E-state index < -0.39 is 5.97 Å². The van der Waals surface area contributed by atoms with E-state index in [0.29, 0.717) is 19.8 Å². The summed E-state index contributed by atoms with van der Waals surface area (Å²) in [5.74, 6) is -0.602. The molecule has 1 saturated heterocycles. The highest BCUT2D eigenvalue weighted by Crippen LogP contribution is 2.10. The summed E-state index contributed by atoms with van der Waals surface area (Å²) in [6.07, 6.45) is 0. The monoisotopic (exact) mass is 258 g/mol. The molecule has 1 unspecified atom stereocenters. The number of nitrogens with one attached hydrogen (secondary N) is 1. The molecule has 0 spiro atoms. The van der Waals surface area contributed by atoms with E-state index in [-0.39, 0.29) is 24.5 Å². The first-order valence-corrected chi connectivity index (χ1v) is 6.33. The lowest BCUT2D eigenvalue weighted by Gasteiger charge is -2.37. The van der Waals surface area contributed by atoms with Gasteiger partial charge in [0.05, 0.1) is 19.8 Å². The number of esters is 1. The Kier molecular flexibility index (Phi) is 6.07. The number of carbonyl (C=O) groups is 2. The summed E-state index contributed by atoms with van der Waals surface area (Å²) < 4.78 is 10.1. The third-order valence-electron chi connectivity index (χ3n) is 2.85. The third kappa shape index (κ3) is 4.27. The van der Waals surface area contributed by atoms with Gasteiger partial charge in [-0.25, -0.2) is 0 Å². The van der Waals surface area contributed by atoms with Gasteiger partial charge in [0.15, 0.2) is 0 Å². The van der Waals surface area contributed by atoms with Crippen LogP contribution in [0.1, 0.15) is 20.8 Å². The molecule has 1 aliphatic rings. The second kappa shape index (κ2) is 7.33. The molecule has 0 saturated carbocycles. The fraction of sp³-hybridized carbons (Fsp3) is 0.833. The first kappa shape index (κ1) is 14.9. The van der Waals surface area contributed by atoms with Gasteiger partial charge in [-0.3, -0.25) is 14.5 Å². The fourth-order valence-electron chi connectivity index (χ4n) is 1.95. The van der Waals surface area contributed by atoms with Crippen LogP contribution in [0.15, 0.2) is 0 Å². The number of hydrogen-bond acceptors (Lipinski definition) is 5. The Bertz CT molecular complexity index is 294. The van der Waals surface area contributed by atoms with E-state index in [1.807, 2.05) is 13.8 Å². The van der Waals surface area contributed by atoms with Crippen LogP contribution in [0.2, 0.25) is 0 Å². The molecule has 1 aliphatic heterocycles. The van der Waals surface area contributed by atoms with Crippen LogP contribution < -0.4 is 5.32 Å². The van der Waals surface area contributed by atoms with Gasteiger partial charge in [-0.1, -0.05) is 0 Å². The first-order chi connectivity index (χ1) is 8.56. The standard InChI is InChI=1S/C12H22N2O4/c1-4-18-11(15)7-13-12(16)10-8-17-6-5-14(10)9(2)3/h9-10H,4-8H2,1-3H3,(H,13,16). The first-order valence-electron chi connectivity index (χ1n) is 6.33. The summed E-state index contributed by atoms with van der Waals surface area (Å²) in [6, 6.07) is -0.0552. The lowest BCUT2D eigenvalue weighted by molar-refractivity contribution is -0.145. The van der Waals surface area contributed by atoms with Gasteiger partial charge >= 0.3 is 5.97 Å². The highest BCUT2D eigenvalue weighted by molar-refractivity contribution is 5.85. The van der Waals surface area contributed by atoms with Crippen molar-refractivity contribution in [2.45, 2.75) is 32.9 Å². The van der Waals surface area contributed by atoms with Crippen molar-refractivity contribution in [3.63, 3.8) is 0 Å². The van der Waals surface area contributed by atoms with Gasteiger partial charge in [0.25, 0.3) is 0 Å². The van der Waals surface area contributed by atoms with E-state index in [0.717, 1.165) is 6.54 Å². The summed E-state index contributed by atoms with van der Waals surface area (Å²) in [5.41, 5.74) is 0. The van der Waals surface area contributed by atoms with Crippen LogP contribution >= 0.6 is 0 Å². The molecule has 1 atom stereocenters. The summed E-state index contributed by atoms with van der Waals surface area (Å²) in [6.45, 7) is 7.78. The number of nitrogens with zero attached hydrogens (tertiary/aromatic N) is 1. The number of carbonyl (C=O) groups excluding carboxylic acids is 2. The third-order valence-corrected chi connectivity index (χ3v) is 2.85. The smallest absolute Gasteiger partial charge is 0.325 e. The van der Waals surface area contributed by atoms with Crippen molar-refractivity contribution in [2.24, 2.45) is 0 Å². The lowest BCUT2D eigenvalue weighted by atomic mass is 10.1. The van der Waals surface area contributed by atoms with E-state index >= 15 is 0 Å². The van der Waals surface area contributed by atoms with Crippen LogP contribution in [-0.4, -0.2) is 61.8 Å². The Morgan fingerprint density at radius 2 is 2.22 bits per heavy atom. The van der Waals surface area contributed by atoms with Crippen molar-refractivity contribution >= 4 is 11.9 Å². The average molecular weight is 258 g/mol. The van der Waals surface area contributed by atoms with Crippen molar-refractivity contribution in [2.75, 3.05) is 32.9 Å². The predicted molar refractivity (Wildman–Crippen MR) is 66.1 cm³/mol. The van der Waals surface area contributed by atoms with E-state index in [4.69, 9.17) is 9.47 Å². The molecule has 1 N–H and O–H groups in total. The van der Waals surface area contributed by atoms with Crippen LogP contribution in [0, 0.1) is 0 Å². The zero-order valence-corrected chi connectivity index (χ0v) is 11.3. The molecule has 104 valence electrons. The van der Waals surface area contributed by atoms with Crippen LogP contribution in [0.3, 0.4) is 0 Å². The van der Waals surface area contributed by atoms with Crippen molar-refractivity contribution in [3.8, 4) is 0 Å². The van der Waals surface area contributed by atoms with Crippen molar-refractivity contribution in [3.05, 3.63) is 0 Å². The predicted octanol–water partition coefficient (Wildman–Crippen LogP) is -0.225. The fourth-order valence-corrected chi connectivity index (χ4v) is 1.95. The zero-order valence-electron chi connectivity index (χ0n) is 11.3. The van der Waals surface area contributed by atoms with Gasteiger partial charge < -0.3 is 14.8 Å². The molecule has 0 aromatic carbocycles. The minimum absolute atomic E-state index is 0.0882. The second-order valence-corrected chi connectivity index (χ2v) is 4.45. The summed E-state index contributed by atoms with van der Waals surface area (Å²) >= 11 is 0. The molecule has 1 heterocycles. The Morgan fingerprint density at radius 3 is 2.83 bits per heavy atom. The van der Waals surface area contributed by atoms with Gasteiger partial charge in [-0.05, 0) is 20.8 Å². The van der Waals surface area contributed by atoms with Crippen LogP contribution in [0.25, 0.3) is 0 Å². The minimum atomic E-state index is -0.418. The highest BCUT2D eigenvalue weighted by atomic mass is 16.5. The van der Waals surface area contributed by atoms with Gasteiger partial charge in [0, 0.05) is 12.6 Å². The average Bonchev–Trinajstić information content (AvgIpc) is 2.36. The molecular weight excluding hydrogens is 236 g/mol. The van der Waals surface area contributed by atoms with Crippen molar-refractivity contribution < 1.29 is 19.1 Å². The molecule has 0 aromatic rings. The molecule has 18 heavy (non-hydrogen) atoms. The molecule has 6 nitrogen and oxygen atoms in total. The normalized spacial score (nSPS) is 20.8. The van der Waals surface area contributed by atoms with E-state index in [1.165, 1.54) is 0 Å². The molecule has 0 aromatic heterocycles. The second-order valence-electron chi connectivity index (χ2n) is 4.45. The topological polar surface area (TPSA) is 67.9 Å². The molecule has 1 amide bonds. The highest BCUT2D eigenvalue weighted by Gasteiger charge is 2.31. The largest absolute Gasteiger partial charge is 0.465 e. The molecular formula is C12H22N2O4. The molecule has 0 bridgehead atoms. The van der Waals surface area contributed by atoms with Gasteiger partial charge in [-0.15, -0.1) is 0 Å². The van der Waals surface area contributed by atoms with Crippen molar-refractivity contribution in [1.82, 2.24) is 10.2 Å². The summed E-state index contributed by atoms with van der Waals surface area (Å²) in [4.78, 5) is 25.2. The maximum atomic E-state index is 12.0. The van der Waals surface area contributed by atoms with Crippen LogP contribution in [0.4, 0.5) is 0 Å². The Morgan fingerprint density at radius 1 is 1.50 bits per heavy atom. The van der Waals surface area contributed by atoms with Gasteiger partial charge in [-0.2, -0.15) is 0 Å². The molecule has 1 fully saturated rings. The number of amides is 1. The lowest BCUT2D eigenvalue weighted by Crippen LogP contribution is -2.56. The molecule has 0 aliphatic carbocycles. The minimum Gasteiger partial charge on any atom is -0.465 e. The summed E-state index contributed by atoms with van der Waals surface area (Å²) in [5, 5.41) is 2.59. The zero-order chi connectivity index (χ0) is 13.5. The Balaban J connectivity index is 2.45. The van der Waals surface area contributed by atoms with Gasteiger partial charge in [0.1, 0.15) is 12.6 Å². The maximum Gasteiger partial charge on any atom is 0.325 e. The number of ether oxygens (including phenoxy) is 2. The van der Waals surface area contributed by atoms with Crippen LogP contribution in [0.5, 0.6) is 0 Å². The molecule has 6 heteroatoms. The van der Waals surface area contributed by atoms with Crippen LogP contribution in [-0.2, 0) is 19.1 Å². The molecule has 0 radical (unpaired) electrons. The Labute approximate surface area is 108 Å².